The van der Waals surface area contributed by atoms with Gasteiger partial charge < -0.3 is 14.0 Å². The third kappa shape index (κ3) is 3.40. The summed E-state index contributed by atoms with van der Waals surface area (Å²) in [5.41, 5.74) is -2.30. The minimum atomic E-state index is -1.20. The van der Waals surface area contributed by atoms with Gasteiger partial charge in [0.15, 0.2) is 6.23 Å². The van der Waals surface area contributed by atoms with Gasteiger partial charge in [0.25, 0.3) is 5.56 Å². The molecular formula is C10H13IN2O5S. The molecule has 2 N–H and O–H groups in total. The van der Waals surface area contributed by atoms with Gasteiger partial charge in [0.2, 0.25) is 0 Å². The number of nitrogens with one attached hydrogen (secondary N) is 1. The summed E-state index contributed by atoms with van der Waals surface area (Å²) in [5, 5.41) is 10.3. The molecule has 3 unspecified atom stereocenters. The summed E-state index contributed by atoms with van der Waals surface area (Å²) in [5.74, 6) is 0. The molecule has 0 aliphatic carbocycles. The van der Waals surface area contributed by atoms with Crippen LogP contribution in [0.4, 0.5) is 0 Å². The summed E-state index contributed by atoms with van der Waals surface area (Å²) in [6.45, 7) is 1.91. The molecule has 2 rings (SSSR count). The first kappa shape index (κ1) is 15.0. The van der Waals surface area contributed by atoms with Crippen LogP contribution in [-0.2, 0) is 8.92 Å². The van der Waals surface area contributed by atoms with E-state index in [0.717, 1.165) is 0 Å². The molecule has 2 heterocycles. The van der Waals surface area contributed by atoms with E-state index in [9.17, 15) is 14.7 Å². The number of ether oxygens (including phenoxy) is 1. The van der Waals surface area contributed by atoms with Gasteiger partial charge >= 0.3 is 5.69 Å². The van der Waals surface area contributed by atoms with Crippen molar-refractivity contribution in [1.29, 1.82) is 0 Å². The third-order valence-corrected chi connectivity index (χ3v) is 3.88. The number of hydrogen-bond acceptors (Lipinski definition) is 6. The van der Waals surface area contributed by atoms with Crippen LogP contribution in [0.3, 0.4) is 0 Å². The number of hydrogen-bond donors (Lipinski definition) is 2. The van der Waals surface area contributed by atoms with Gasteiger partial charge in [-0.15, -0.1) is 0 Å². The lowest BCUT2D eigenvalue weighted by atomic mass is 10.0. The Hall–Kier alpha value is -0.360. The van der Waals surface area contributed by atoms with Crippen LogP contribution in [-0.4, -0.2) is 33.0 Å². The molecule has 1 aromatic heterocycles. The van der Waals surface area contributed by atoms with E-state index >= 15 is 0 Å². The Labute approximate surface area is 125 Å². The summed E-state index contributed by atoms with van der Waals surface area (Å²) < 4.78 is 12.0. The quantitative estimate of drug-likeness (QED) is 0.568. The minimum Gasteiger partial charge on any atom is -0.385 e. The molecule has 1 aliphatic heterocycles. The normalized spacial score (nSPS) is 30.7. The zero-order valence-corrected chi connectivity index (χ0v) is 13.0. The first-order chi connectivity index (χ1) is 8.94. The number of nitrogens with zero attached hydrogens (tertiary/aromatic N) is 1. The number of H-pyrrole nitrogens is 1. The molecule has 3 atom stereocenters. The highest BCUT2D eigenvalue weighted by Gasteiger charge is 2.45. The highest BCUT2D eigenvalue weighted by atomic mass is 127. The maximum Gasteiger partial charge on any atom is 0.330 e. The van der Waals surface area contributed by atoms with Crippen molar-refractivity contribution in [3.8, 4) is 0 Å². The van der Waals surface area contributed by atoms with Crippen LogP contribution < -0.4 is 11.2 Å². The maximum absolute atomic E-state index is 11.7. The van der Waals surface area contributed by atoms with Gasteiger partial charge in [0.05, 0.1) is 21.9 Å². The van der Waals surface area contributed by atoms with E-state index in [1.807, 2.05) is 21.2 Å². The van der Waals surface area contributed by atoms with Gasteiger partial charge in [-0.25, -0.2) is 4.79 Å². The van der Waals surface area contributed by atoms with Crippen LogP contribution in [0.5, 0.6) is 0 Å². The Bertz CT molecular complexity index is 557. The Morgan fingerprint density at radius 2 is 2.47 bits per heavy atom. The molecule has 1 aromatic rings. The van der Waals surface area contributed by atoms with Crippen LogP contribution in [0, 0.1) is 0 Å². The van der Waals surface area contributed by atoms with E-state index in [2.05, 4.69) is 4.98 Å². The second-order valence-corrected chi connectivity index (χ2v) is 5.98. The molecule has 0 aromatic carbocycles. The monoisotopic (exact) mass is 400 g/mol. The Balaban J connectivity index is 2.24. The van der Waals surface area contributed by atoms with Crippen molar-refractivity contribution in [3.63, 3.8) is 0 Å². The fourth-order valence-electron chi connectivity index (χ4n) is 2.12. The van der Waals surface area contributed by atoms with Crippen LogP contribution >= 0.6 is 30.4 Å². The second-order valence-electron chi connectivity index (χ2n) is 4.54. The van der Waals surface area contributed by atoms with Crippen molar-refractivity contribution >= 4 is 30.4 Å². The number of aliphatic hydroxyl groups is 1. The molecule has 1 fully saturated rings. The van der Waals surface area contributed by atoms with Crippen molar-refractivity contribution < 1.29 is 14.0 Å². The number of aromatic nitrogens is 2. The summed E-state index contributed by atoms with van der Waals surface area (Å²) in [4.78, 5) is 24.9. The predicted molar refractivity (Wildman–Crippen MR) is 78.0 cm³/mol. The summed E-state index contributed by atoms with van der Waals surface area (Å²) in [6.07, 6.45) is 0.516. The summed E-state index contributed by atoms with van der Waals surface area (Å²) in [7, 11) is 1.18. The van der Waals surface area contributed by atoms with Crippen molar-refractivity contribution in [2.45, 2.75) is 31.3 Å². The van der Waals surface area contributed by atoms with E-state index < -0.39 is 23.1 Å². The van der Waals surface area contributed by atoms with Crippen LogP contribution in [0.1, 0.15) is 19.6 Å². The van der Waals surface area contributed by atoms with Gasteiger partial charge in [0.1, 0.15) is 5.60 Å². The van der Waals surface area contributed by atoms with Crippen LogP contribution in [0.15, 0.2) is 21.9 Å². The van der Waals surface area contributed by atoms with E-state index in [1.165, 1.54) is 26.0 Å². The van der Waals surface area contributed by atoms with Crippen LogP contribution in [0.2, 0.25) is 0 Å². The van der Waals surface area contributed by atoms with E-state index in [4.69, 9.17) is 8.92 Å². The number of rotatable bonds is 4. The molecule has 0 radical (unpaired) electrons. The Morgan fingerprint density at radius 1 is 1.74 bits per heavy atom. The topological polar surface area (TPSA) is 93.5 Å². The predicted octanol–water partition coefficient (Wildman–Crippen LogP) is 0.590. The molecule has 0 spiro atoms. The average Bonchev–Trinajstić information content (AvgIpc) is 2.62. The van der Waals surface area contributed by atoms with Gasteiger partial charge in [-0.2, -0.15) is 0 Å². The molecule has 1 saturated heterocycles. The van der Waals surface area contributed by atoms with Crippen molar-refractivity contribution in [2.75, 3.05) is 6.61 Å². The third-order valence-electron chi connectivity index (χ3n) is 2.90. The number of halogens is 1. The van der Waals surface area contributed by atoms with Gasteiger partial charge in [0, 0.05) is 39.9 Å². The van der Waals surface area contributed by atoms with Gasteiger partial charge in [-0.05, 0) is 6.92 Å². The minimum absolute atomic E-state index is 0.305. The van der Waals surface area contributed by atoms with Crippen molar-refractivity contribution in [3.05, 3.63) is 33.1 Å². The van der Waals surface area contributed by atoms with Crippen LogP contribution in [0.25, 0.3) is 0 Å². The highest BCUT2D eigenvalue weighted by molar-refractivity contribution is 14.2. The van der Waals surface area contributed by atoms with Crippen molar-refractivity contribution in [2.24, 2.45) is 0 Å². The van der Waals surface area contributed by atoms with Gasteiger partial charge in [-0.3, -0.25) is 14.3 Å². The molecule has 19 heavy (non-hydrogen) atoms. The fourth-order valence-corrected chi connectivity index (χ4v) is 2.76. The fraction of sp³-hybridized carbons (Fsp3) is 0.600. The van der Waals surface area contributed by atoms with E-state index in [0.29, 0.717) is 13.0 Å². The SMILES string of the molecule is CC1(O)CC(COSI)OC1n1ccc(=O)[nH]c1=O. The summed E-state index contributed by atoms with van der Waals surface area (Å²) >= 11 is 1.99. The lowest BCUT2D eigenvalue weighted by Gasteiger charge is -2.24. The maximum atomic E-state index is 11.7. The lowest BCUT2D eigenvalue weighted by Crippen LogP contribution is -2.40. The smallest absolute Gasteiger partial charge is 0.330 e. The zero-order valence-electron chi connectivity index (χ0n) is 10.0. The molecule has 9 heteroatoms. The van der Waals surface area contributed by atoms with E-state index in [-0.39, 0.29) is 6.10 Å². The molecule has 0 bridgehead atoms. The Morgan fingerprint density at radius 3 is 3.11 bits per heavy atom. The highest BCUT2D eigenvalue weighted by Crippen LogP contribution is 2.37. The number of aromatic amines is 1. The van der Waals surface area contributed by atoms with Gasteiger partial charge in [-0.1, -0.05) is 0 Å². The largest absolute Gasteiger partial charge is 0.385 e. The first-order valence-corrected chi connectivity index (χ1v) is 8.82. The lowest BCUT2D eigenvalue weighted by molar-refractivity contribution is -0.0875. The molecular weight excluding hydrogens is 387 g/mol. The standard InChI is InChI=1S/C10H13IN2O5S/c1-10(16)4-6(5-17-19-11)18-8(10)13-3-2-7(14)12-9(13)15/h2-3,6,8,16H,4-5H2,1H3,(H,12,14,15). The first-order valence-electron chi connectivity index (χ1n) is 5.53. The second kappa shape index (κ2) is 5.95. The Kier molecular flexibility index (Phi) is 4.71. The zero-order chi connectivity index (χ0) is 14.0. The van der Waals surface area contributed by atoms with E-state index in [1.54, 1.807) is 6.92 Å². The molecule has 7 nitrogen and oxygen atoms in total. The van der Waals surface area contributed by atoms with Crippen molar-refractivity contribution in [1.82, 2.24) is 9.55 Å². The molecule has 1 aliphatic rings. The molecule has 0 amide bonds. The summed E-state index contributed by atoms with van der Waals surface area (Å²) in [6, 6.07) is 1.21. The molecule has 0 saturated carbocycles. The molecule has 106 valence electrons. The average molecular weight is 400 g/mol.